The van der Waals surface area contributed by atoms with E-state index >= 15 is 0 Å². The van der Waals surface area contributed by atoms with E-state index in [4.69, 9.17) is 5.73 Å². The summed E-state index contributed by atoms with van der Waals surface area (Å²) in [4.78, 5) is 9.91. The Bertz CT molecular complexity index is 84.1. The molecule has 0 saturated heterocycles. The molecule has 0 aromatic rings. The molecule has 0 aliphatic rings. The van der Waals surface area contributed by atoms with Gasteiger partial charge in [0, 0.05) is 6.54 Å². The summed E-state index contributed by atoms with van der Waals surface area (Å²) in [5, 5.41) is 0. The summed E-state index contributed by atoms with van der Waals surface area (Å²) in [6.07, 6.45) is -1.05. The first-order valence-corrected chi connectivity index (χ1v) is 2.33. The number of hydrogen-bond acceptors (Lipinski definition) is 3. The number of rotatable bonds is 2. The second-order valence-electron chi connectivity index (χ2n) is 1.48. The minimum Gasteiger partial charge on any atom is -0.445 e. The summed E-state index contributed by atoms with van der Waals surface area (Å²) in [6, 6.07) is 0. The number of primary amides is 1. The van der Waals surface area contributed by atoms with Crippen LogP contribution in [0.2, 0.25) is 0 Å². The normalized spacial score (nSPS) is 12.8. The molecule has 1 atom stereocenters. The van der Waals surface area contributed by atoms with Crippen LogP contribution in [-0.4, -0.2) is 18.7 Å². The molecule has 0 bridgehead atoms. The molecule has 0 spiro atoms. The fourth-order valence-corrected chi connectivity index (χ4v) is 0.246. The number of amides is 1. The third-order valence-corrected chi connectivity index (χ3v) is 0.649. The smallest absolute Gasteiger partial charge is 0.404 e. The molecule has 48 valence electrons. The Morgan fingerprint density at radius 3 is 2.50 bits per heavy atom. The standard InChI is InChI=1S/C4H10N2O2/c1-3(2-5)8-4(6)7/h3H,2,5H2,1H3,(H2,6,7)/t3-/m0/s1. The predicted octanol–water partition coefficient (Wildman–Crippen LogP) is -0.571. The Morgan fingerprint density at radius 1 is 1.88 bits per heavy atom. The molecule has 0 aliphatic heterocycles. The highest BCUT2D eigenvalue weighted by Crippen LogP contribution is 1.83. The van der Waals surface area contributed by atoms with Crippen LogP contribution >= 0.6 is 0 Å². The number of carbonyl (C=O) groups excluding carboxylic acids is 1. The van der Waals surface area contributed by atoms with E-state index in [1.165, 1.54) is 0 Å². The Labute approximate surface area is 47.8 Å². The van der Waals surface area contributed by atoms with Gasteiger partial charge in [-0.2, -0.15) is 0 Å². The molecule has 4 N–H and O–H groups in total. The lowest BCUT2D eigenvalue weighted by Crippen LogP contribution is -2.26. The zero-order chi connectivity index (χ0) is 6.57. The van der Waals surface area contributed by atoms with Gasteiger partial charge in [0.2, 0.25) is 0 Å². The van der Waals surface area contributed by atoms with E-state index in [1.54, 1.807) is 6.92 Å². The van der Waals surface area contributed by atoms with E-state index in [1.807, 2.05) is 0 Å². The van der Waals surface area contributed by atoms with Gasteiger partial charge in [0.25, 0.3) is 0 Å². The highest BCUT2D eigenvalue weighted by Gasteiger charge is 2.00. The fourth-order valence-electron chi connectivity index (χ4n) is 0.246. The van der Waals surface area contributed by atoms with Crippen molar-refractivity contribution in [2.75, 3.05) is 6.54 Å². The molecule has 0 fully saturated rings. The number of nitrogens with two attached hydrogens (primary N) is 2. The summed E-state index contributed by atoms with van der Waals surface area (Å²) in [5.74, 6) is 0. The van der Waals surface area contributed by atoms with E-state index in [2.05, 4.69) is 10.5 Å². The van der Waals surface area contributed by atoms with Crippen LogP contribution in [0, 0.1) is 0 Å². The molecule has 8 heavy (non-hydrogen) atoms. The average Bonchev–Trinajstić information content (AvgIpc) is 1.65. The first-order chi connectivity index (χ1) is 3.66. The lowest BCUT2D eigenvalue weighted by Gasteiger charge is -2.05. The topological polar surface area (TPSA) is 78.3 Å². The van der Waals surface area contributed by atoms with Crippen molar-refractivity contribution in [2.45, 2.75) is 13.0 Å². The van der Waals surface area contributed by atoms with Crippen LogP contribution in [0.25, 0.3) is 0 Å². The molecule has 0 heterocycles. The van der Waals surface area contributed by atoms with Crippen LogP contribution in [0.3, 0.4) is 0 Å². The lowest BCUT2D eigenvalue weighted by molar-refractivity contribution is 0.120. The minimum absolute atomic E-state index is 0.271. The van der Waals surface area contributed by atoms with E-state index in [9.17, 15) is 4.79 Å². The van der Waals surface area contributed by atoms with Gasteiger partial charge in [0.1, 0.15) is 6.10 Å². The minimum atomic E-state index is -0.775. The predicted molar refractivity (Wildman–Crippen MR) is 29.2 cm³/mol. The second-order valence-corrected chi connectivity index (χ2v) is 1.48. The van der Waals surface area contributed by atoms with Gasteiger partial charge in [-0.05, 0) is 6.92 Å². The van der Waals surface area contributed by atoms with Crippen LogP contribution in [0.4, 0.5) is 4.79 Å². The van der Waals surface area contributed by atoms with Gasteiger partial charge >= 0.3 is 6.09 Å². The number of hydrogen-bond donors (Lipinski definition) is 2. The van der Waals surface area contributed by atoms with Crippen LogP contribution in [0.1, 0.15) is 6.92 Å². The highest BCUT2D eigenvalue weighted by molar-refractivity contribution is 5.64. The Morgan fingerprint density at radius 2 is 2.38 bits per heavy atom. The summed E-state index contributed by atoms with van der Waals surface area (Å²) in [7, 11) is 0. The molecular formula is C4H10N2O2. The van der Waals surface area contributed by atoms with Gasteiger partial charge in [-0.3, -0.25) is 0 Å². The number of carbonyl (C=O) groups is 1. The number of ether oxygens (including phenoxy) is 1. The molecule has 4 heteroatoms. The SMILES string of the molecule is C[C@@H](CN)OC(N)=O. The Balaban J connectivity index is 3.24. The van der Waals surface area contributed by atoms with Crippen molar-refractivity contribution in [3.63, 3.8) is 0 Å². The molecule has 0 saturated carbocycles. The molecule has 0 rings (SSSR count). The van der Waals surface area contributed by atoms with Gasteiger partial charge in [-0.1, -0.05) is 0 Å². The van der Waals surface area contributed by atoms with Crippen LogP contribution < -0.4 is 11.5 Å². The third kappa shape index (κ3) is 3.42. The van der Waals surface area contributed by atoms with E-state index in [0.29, 0.717) is 6.54 Å². The second kappa shape index (κ2) is 3.26. The summed E-state index contributed by atoms with van der Waals surface area (Å²) in [6.45, 7) is 1.98. The molecule has 1 amide bonds. The van der Waals surface area contributed by atoms with Crippen molar-refractivity contribution in [3.05, 3.63) is 0 Å². The van der Waals surface area contributed by atoms with Crippen LogP contribution in [0.5, 0.6) is 0 Å². The van der Waals surface area contributed by atoms with E-state index < -0.39 is 6.09 Å². The van der Waals surface area contributed by atoms with E-state index in [-0.39, 0.29) is 6.10 Å². The van der Waals surface area contributed by atoms with Crippen molar-refractivity contribution in [2.24, 2.45) is 11.5 Å². The molecule has 0 aromatic heterocycles. The van der Waals surface area contributed by atoms with Crippen molar-refractivity contribution < 1.29 is 9.53 Å². The van der Waals surface area contributed by atoms with Crippen molar-refractivity contribution in [1.82, 2.24) is 0 Å². The fraction of sp³-hybridized carbons (Fsp3) is 0.750. The maximum atomic E-state index is 9.91. The third-order valence-electron chi connectivity index (χ3n) is 0.649. The molecule has 0 aliphatic carbocycles. The quantitative estimate of drug-likeness (QED) is 0.509. The van der Waals surface area contributed by atoms with Gasteiger partial charge in [0.05, 0.1) is 0 Å². The van der Waals surface area contributed by atoms with Crippen molar-refractivity contribution >= 4 is 6.09 Å². The average molecular weight is 118 g/mol. The molecule has 0 radical (unpaired) electrons. The monoisotopic (exact) mass is 118 g/mol. The zero-order valence-electron chi connectivity index (χ0n) is 4.76. The van der Waals surface area contributed by atoms with Gasteiger partial charge in [0.15, 0.2) is 0 Å². The van der Waals surface area contributed by atoms with Crippen molar-refractivity contribution in [3.8, 4) is 0 Å². The largest absolute Gasteiger partial charge is 0.445 e. The van der Waals surface area contributed by atoms with Gasteiger partial charge < -0.3 is 16.2 Å². The van der Waals surface area contributed by atoms with Gasteiger partial charge in [-0.15, -0.1) is 0 Å². The summed E-state index contributed by atoms with van der Waals surface area (Å²) in [5.41, 5.74) is 9.74. The van der Waals surface area contributed by atoms with Crippen LogP contribution in [0.15, 0.2) is 0 Å². The Hall–Kier alpha value is -0.770. The molecule has 0 aromatic carbocycles. The maximum Gasteiger partial charge on any atom is 0.404 e. The van der Waals surface area contributed by atoms with Crippen LogP contribution in [-0.2, 0) is 4.74 Å². The molecular weight excluding hydrogens is 108 g/mol. The zero-order valence-corrected chi connectivity index (χ0v) is 4.76. The van der Waals surface area contributed by atoms with Gasteiger partial charge in [-0.25, -0.2) is 4.79 Å². The molecule has 4 nitrogen and oxygen atoms in total. The Kier molecular flexibility index (Phi) is 2.95. The first-order valence-electron chi connectivity index (χ1n) is 2.33. The van der Waals surface area contributed by atoms with E-state index in [0.717, 1.165) is 0 Å². The highest BCUT2D eigenvalue weighted by atomic mass is 16.6. The maximum absolute atomic E-state index is 9.91. The summed E-state index contributed by atoms with van der Waals surface area (Å²) < 4.78 is 4.41. The first kappa shape index (κ1) is 7.23. The van der Waals surface area contributed by atoms with Crippen molar-refractivity contribution in [1.29, 1.82) is 0 Å². The molecule has 0 unspecified atom stereocenters. The lowest BCUT2D eigenvalue weighted by atomic mass is 10.4. The summed E-state index contributed by atoms with van der Waals surface area (Å²) >= 11 is 0.